The van der Waals surface area contributed by atoms with Crippen molar-refractivity contribution in [1.29, 1.82) is 0 Å². The highest BCUT2D eigenvalue weighted by atomic mass is 32.1. The Bertz CT molecular complexity index is 407. The molecule has 0 saturated carbocycles. The molecule has 0 aromatic carbocycles. The van der Waals surface area contributed by atoms with E-state index in [1.165, 1.54) is 25.8 Å². The predicted octanol–water partition coefficient (Wildman–Crippen LogP) is 4.40. The van der Waals surface area contributed by atoms with E-state index >= 15 is 0 Å². The summed E-state index contributed by atoms with van der Waals surface area (Å²) in [5.41, 5.74) is 2.90. The SMILES string of the molecule is Cc1sc(-c2cccs2)c(C)c1C. The van der Waals surface area contributed by atoms with Gasteiger partial charge in [0.05, 0.1) is 0 Å². The normalized spacial score (nSPS) is 10.7. The van der Waals surface area contributed by atoms with Crippen LogP contribution in [0.5, 0.6) is 0 Å². The highest BCUT2D eigenvalue weighted by molar-refractivity contribution is 7.21. The fraction of sp³-hybridized carbons (Fsp3) is 0.273. The molecule has 0 nitrogen and oxygen atoms in total. The van der Waals surface area contributed by atoms with Gasteiger partial charge in [-0.05, 0) is 43.3 Å². The average molecular weight is 208 g/mol. The van der Waals surface area contributed by atoms with Crippen molar-refractivity contribution in [2.45, 2.75) is 20.8 Å². The summed E-state index contributed by atoms with van der Waals surface area (Å²) in [5, 5.41) is 2.14. The molecule has 0 aliphatic carbocycles. The number of hydrogen-bond donors (Lipinski definition) is 0. The van der Waals surface area contributed by atoms with Gasteiger partial charge in [-0.3, -0.25) is 0 Å². The summed E-state index contributed by atoms with van der Waals surface area (Å²) < 4.78 is 0. The molecule has 0 aliphatic rings. The quantitative estimate of drug-likeness (QED) is 0.651. The summed E-state index contributed by atoms with van der Waals surface area (Å²) in [6, 6.07) is 4.31. The van der Waals surface area contributed by atoms with Crippen LogP contribution in [-0.4, -0.2) is 0 Å². The number of thiophene rings is 2. The van der Waals surface area contributed by atoms with Crippen molar-refractivity contribution in [3.63, 3.8) is 0 Å². The molecule has 0 atom stereocenters. The fourth-order valence-corrected chi connectivity index (χ4v) is 3.46. The second kappa shape index (κ2) is 3.28. The van der Waals surface area contributed by atoms with E-state index in [4.69, 9.17) is 0 Å². The maximum Gasteiger partial charge on any atom is 0.0477 e. The van der Waals surface area contributed by atoms with Crippen molar-refractivity contribution < 1.29 is 0 Å². The van der Waals surface area contributed by atoms with E-state index in [1.54, 1.807) is 0 Å². The van der Waals surface area contributed by atoms with Crippen LogP contribution in [0, 0.1) is 20.8 Å². The van der Waals surface area contributed by atoms with Crippen LogP contribution in [0.4, 0.5) is 0 Å². The van der Waals surface area contributed by atoms with Crippen LogP contribution in [0.15, 0.2) is 17.5 Å². The summed E-state index contributed by atoms with van der Waals surface area (Å²) >= 11 is 3.73. The molecule has 0 spiro atoms. The van der Waals surface area contributed by atoms with Crippen molar-refractivity contribution in [3.05, 3.63) is 33.5 Å². The monoisotopic (exact) mass is 208 g/mol. The molecule has 0 fully saturated rings. The minimum absolute atomic E-state index is 1.40. The van der Waals surface area contributed by atoms with Crippen LogP contribution < -0.4 is 0 Å². The van der Waals surface area contributed by atoms with Crippen LogP contribution in [0.25, 0.3) is 9.75 Å². The smallest absolute Gasteiger partial charge is 0.0477 e. The maximum atomic E-state index is 2.22. The molecular weight excluding hydrogens is 196 g/mol. The van der Waals surface area contributed by atoms with Crippen molar-refractivity contribution in [2.24, 2.45) is 0 Å². The molecule has 13 heavy (non-hydrogen) atoms. The molecule has 2 aromatic rings. The highest BCUT2D eigenvalue weighted by Gasteiger charge is 2.10. The van der Waals surface area contributed by atoms with Gasteiger partial charge in [0.15, 0.2) is 0 Å². The average Bonchev–Trinajstić information content (AvgIpc) is 2.70. The van der Waals surface area contributed by atoms with Gasteiger partial charge in [0.25, 0.3) is 0 Å². The van der Waals surface area contributed by atoms with Gasteiger partial charge in [-0.25, -0.2) is 0 Å². The Morgan fingerprint density at radius 2 is 1.85 bits per heavy atom. The molecule has 2 heterocycles. The first kappa shape index (κ1) is 8.97. The molecule has 0 N–H and O–H groups in total. The standard InChI is InChI=1S/C11H12S2/c1-7-8(2)11(13-9(7)3)10-5-4-6-12-10/h4-6H,1-3H3. The maximum absolute atomic E-state index is 2.22. The molecule has 2 heteroatoms. The van der Waals surface area contributed by atoms with Crippen LogP contribution in [0.2, 0.25) is 0 Å². The van der Waals surface area contributed by atoms with Crippen LogP contribution in [0.3, 0.4) is 0 Å². The Kier molecular flexibility index (Phi) is 2.26. The molecule has 0 amide bonds. The lowest BCUT2D eigenvalue weighted by Gasteiger charge is -1.94. The predicted molar refractivity (Wildman–Crippen MR) is 61.8 cm³/mol. The molecule has 68 valence electrons. The van der Waals surface area contributed by atoms with Gasteiger partial charge in [0.2, 0.25) is 0 Å². The largest absolute Gasteiger partial charge is 0.143 e. The summed E-state index contributed by atoms with van der Waals surface area (Å²) in [6.45, 7) is 6.62. The summed E-state index contributed by atoms with van der Waals surface area (Å²) in [6.07, 6.45) is 0. The van der Waals surface area contributed by atoms with Crippen molar-refractivity contribution in [3.8, 4) is 9.75 Å². The molecule has 0 saturated heterocycles. The Morgan fingerprint density at radius 1 is 1.08 bits per heavy atom. The van der Waals surface area contributed by atoms with Gasteiger partial charge < -0.3 is 0 Å². The Hall–Kier alpha value is -0.600. The van der Waals surface area contributed by atoms with E-state index in [1.807, 2.05) is 22.7 Å². The fourth-order valence-electron chi connectivity index (χ4n) is 1.38. The number of hydrogen-bond acceptors (Lipinski definition) is 2. The Morgan fingerprint density at radius 3 is 2.31 bits per heavy atom. The Balaban J connectivity index is 2.59. The summed E-state index contributed by atoms with van der Waals surface area (Å²) in [5.74, 6) is 0. The number of rotatable bonds is 1. The summed E-state index contributed by atoms with van der Waals surface area (Å²) in [7, 11) is 0. The zero-order valence-electron chi connectivity index (χ0n) is 8.05. The van der Waals surface area contributed by atoms with Gasteiger partial charge in [-0.2, -0.15) is 0 Å². The summed E-state index contributed by atoms with van der Waals surface area (Å²) in [4.78, 5) is 4.30. The third-order valence-corrected chi connectivity index (χ3v) is 4.79. The lowest BCUT2D eigenvalue weighted by atomic mass is 10.1. The van der Waals surface area contributed by atoms with Gasteiger partial charge in [0, 0.05) is 14.6 Å². The minimum atomic E-state index is 1.40. The van der Waals surface area contributed by atoms with E-state index in [0.717, 1.165) is 0 Å². The van der Waals surface area contributed by atoms with Gasteiger partial charge in [0.1, 0.15) is 0 Å². The molecule has 0 aliphatic heterocycles. The van der Waals surface area contributed by atoms with E-state index in [2.05, 4.69) is 38.3 Å². The van der Waals surface area contributed by atoms with Crippen molar-refractivity contribution in [1.82, 2.24) is 0 Å². The number of aryl methyl sites for hydroxylation is 1. The second-order valence-electron chi connectivity index (χ2n) is 3.21. The molecule has 0 unspecified atom stereocenters. The van der Waals surface area contributed by atoms with Crippen LogP contribution in [0.1, 0.15) is 16.0 Å². The first-order valence-corrected chi connectivity index (χ1v) is 6.00. The van der Waals surface area contributed by atoms with Crippen LogP contribution in [-0.2, 0) is 0 Å². The van der Waals surface area contributed by atoms with E-state index in [-0.39, 0.29) is 0 Å². The topological polar surface area (TPSA) is 0 Å². The molecular formula is C11H12S2. The Labute approximate surface area is 86.9 Å². The molecule has 0 radical (unpaired) electrons. The lowest BCUT2D eigenvalue weighted by Crippen LogP contribution is -1.74. The van der Waals surface area contributed by atoms with Crippen LogP contribution >= 0.6 is 22.7 Å². The molecule has 0 bridgehead atoms. The minimum Gasteiger partial charge on any atom is -0.143 e. The third-order valence-electron chi connectivity index (χ3n) is 2.43. The lowest BCUT2D eigenvalue weighted by molar-refractivity contribution is 1.35. The molecule has 2 rings (SSSR count). The highest BCUT2D eigenvalue weighted by Crippen LogP contribution is 2.37. The van der Waals surface area contributed by atoms with E-state index in [0.29, 0.717) is 0 Å². The first-order chi connectivity index (χ1) is 6.20. The van der Waals surface area contributed by atoms with Gasteiger partial charge >= 0.3 is 0 Å². The third kappa shape index (κ3) is 1.45. The van der Waals surface area contributed by atoms with Crippen molar-refractivity contribution in [2.75, 3.05) is 0 Å². The van der Waals surface area contributed by atoms with E-state index < -0.39 is 0 Å². The van der Waals surface area contributed by atoms with E-state index in [9.17, 15) is 0 Å². The molecule has 2 aromatic heterocycles. The zero-order chi connectivity index (χ0) is 9.42. The van der Waals surface area contributed by atoms with Crippen molar-refractivity contribution >= 4 is 22.7 Å². The van der Waals surface area contributed by atoms with Gasteiger partial charge in [-0.15, -0.1) is 22.7 Å². The van der Waals surface area contributed by atoms with Gasteiger partial charge in [-0.1, -0.05) is 6.07 Å². The zero-order valence-corrected chi connectivity index (χ0v) is 9.68. The first-order valence-electron chi connectivity index (χ1n) is 4.30. The second-order valence-corrected chi connectivity index (χ2v) is 5.39.